The summed E-state index contributed by atoms with van der Waals surface area (Å²) in [6.07, 6.45) is 6.94. The van der Waals surface area contributed by atoms with Crippen LogP contribution in [0.25, 0.3) is 6.08 Å². The van der Waals surface area contributed by atoms with Gasteiger partial charge in [-0.3, -0.25) is 4.79 Å². The lowest BCUT2D eigenvalue weighted by atomic mass is 9.55. The minimum absolute atomic E-state index is 0.239. The van der Waals surface area contributed by atoms with Crippen molar-refractivity contribution in [1.82, 2.24) is 0 Å². The Morgan fingerprint density at radius 2 is 1.97 bits per heavy atom. The van der Waals surface area contributed by atoms with Gasteiger partial charge in [0.05, 0.1) is 0 Å². The first kappa shape index (κ1) is 19.4. The number of rotatable bonds is 1. The van der Waals surface area contributed by atoms with Gasteiger partial charge in [-0.05, 0) is 102 Å². The van der Waals surface area contributed by atoms with Crippen molar-refractivity contribution in [3.8, 4) is 17.2 Å². The van der Waals surface area contributed by atoms with Crippen LogP contribution in [0.3, 0.4) is 0 Å². The van der Waals surface area contributed by atoms with Crippen LogP contribution in [-0.4, -0.2) is 17.7 Å². The Balaban J connectivity index is 1.35. The zero-order chi connectivity index (χ0) is 21.3. The standard InChI is InChI=1S/C26H25BrO4/c1-26-7-6-19-18-5-3-17(28)9-14(18)2-4-20(19)21(26)10-16(25(26)29)8-15-11-23-24(12-22(15)27)31-13-30-23/h3,5,8-9,11-12,19-21,28H,2,4,6-7,10,13H2,1H3. The molecule has 31 heavy (non-hydrogen) atoms. The van der Waals surface area contributed by atoms with E-state index in [1.54, 1.807) is 0 Å². The average Bonchev–Trinajstić information content (AvgIpc) is 3.30. The number of fused-ring (bicyclic) bond motifs is 6. The fraction of sp³-hybridized carbons (Fsp3) is 0.423. The molecule has 4 unspecified atom stereocenters. The molecule has 6 rings (SSSR count). The lowest BCUT2D eigenvalue weighted by Crippen LogP contribution is -2.42. The van der Waals surface area contributed by atoms with Crippen molar-refractivity contribution in [3.63, 3.8) is 0 Å². The van der Waals surface area contributed by atoms with Crippen LogP contribution in [-0.2, 0) is 11.2 Å². The number of Topliss-reactive ketones (excluding diaryl/α,β-unsaturated/α-hetero) is 1. The molecular formula is C26H25BrO4. The molecule has 160 valence electrons. The highest BCUT2D eigenvalue weighted by Gasteiger charge is 2.56. The number of phenols is 1. The fourth-order valence-corrected chi connectivity index (χ4v) is 7.04. The molecule has 0 saturated heterocycles. The van der Waals surface area contributed by atoms with Gasteiger partial charge < -0.3 is 14.6 Å². The Labute approximate surface area is 190 Å². The monoisotopic (exact) mass is 480 g/mol. The molecule has 2 aromatic rings. The van der Waals surface area contributed by atoms with Gasteiger partial charge in [0.2, 0.25) is 6.79 Å². The van der Waals surface area contributed by atoms with Crippen molar-refractivity contribution in [1.29, 1.82) is 0 Å². The van der Waals surface area contributed by atoms with Crippen LogP contribution >= 0.6 is 15.9 Å². The molecule has 2 fully saturated rings. The first-order valence-corrected chi connectivity index (χ1v) is 11.9. The van der Waals surface area contributed by atoms with Crippen molar-refractivity contribution in [2.45, 2.75) is 44.9 Å². The molecule has 0 radical (unpaired) electrons. The van der Waals surface area contributed by atoms with E-state index >= 15 is 0 Å². The lowest BCUT2D eigenvalue weighted by Gasteiger charge is -2.48. The van der Waals surface area contributed by atoms with Crippen molar-refractivity contribution in [2.24, 2.45) is 17.3 Å². The number of phenolic OH excluding ortho intramolecular Hbond substituents is 1. The number of hydrogen-bond acceptors (Lipinski definition) is 4. The third kappa shape index (κ3) is 2.89. The summed E-state index contributed by atoms with van der Waals surface area (Å²) in [7, 11) is 0. The van der Waals surface area contributed by atoms with Gasteiger partial charge >= 0.3 is 0 Å². The maximum Gasteiger partial charge on any atom is 0.231 e. The number of ketones is 1. The molecule has 4 nitrogen and oxygen atoms in total. The highest BCUT2D eigenvalue weighted by atomic mass is 79.9. The first-order chi connectivity index (χ1) is 14.9. The van der Waals surface area contributed by atoms with E-state index in [0.29, 0.717) is 29.3 Å². The zero-order valence-corrected chi connectivity index (χ0v) is 19.1. The van der Waals surface area contributed by atoms with Crippen LogP contribution in [0.2, 0.25) is 0 Å². The van der Waals surface area contributed by atoms with Crippen LogP contribution in [0.5, 0.6) is 17.2 Å². The smallest absolute Gasteiger partial charge is 0.231 e. The minimum atomic E-state index is -0.274. The fourth-order valence-electron chi connectivity index (χ4n) is 6.60. The van der Waals surface area contributed by atoms with Crippen LogP contribution in [0, 0.1) is 17.3 Å². The van der Waals surface area contributed by atoms with E-state index in [9.17, 15) is 9.90 Å². The Kier molecular flexibility index (Phi) is 4.30. The first-order valence-electron chi connectivity index (χ1n) is 11.1. The van der Waals surface area contributed by atoms with E-state index in [1.807, 2.05) is 24.3 Å². The molecule has 4 atom stereocenters. The van der Waals surface area contributed by atoms with Crippen molar-refractivity contribution in [3.05, 3.63) is 57.1 Å². The topological polar surface area (TPSA) is 55.8 Å². The molecule has 1 heterocycles. The summed E-state index contributed by atoms with van der Waals surface area (Å²) in [5.41, 5.74) is 4.30. The molecule has 0 spiro atoms. The van der Waals surface area contributed by atoms with Crippen LogP contribution in [0.4, 0.5) is 0 Å². The normalized spacial score (nSPS) is 32.0. The van der Waals surface area contributed by atoms with E-state index in [-0.39, 0.29) is 12.2 Å². The van der Waals surface area contributed by atoms with Gasteiger partial charge in [0.15, 0.2) is 17.3 Å². The van der Waals surface area contributed by atoms with Gasteiger partial charge in [-0.25, -0.2) is 0 Å². The highest BCUT2D eigenvalue weighted by molar-refractivity contribution is 9.10. The predicted molar refractivity (Wildman–Crippen MR) is 121 cm³/mol. The van der Waals surface area contributed by atoms with Crippen LogP contribution < -0.4 is 9.47 Å². The van der Waals surface area contributed by atoms with E-state index in [4.69, 9.17) is 9.47 Å². The summed E-state index contributed by atoms with van der Waals surface area (Å²) in [6.45, 7) is 2.43. The molecule has 4 aliphatic rings. The number of halogens is 1. The Hall–Kier alpha value is -2.27. The second-order valence-corrected chi connectivity index (χ2v) is 10.5. The highest BCUT2D eigenvalue weighted by Crippen LogP contribution is 2.61. The maximum absolute atomic E-state index is 13.6. The number of hydrogen-bond donors (Lipinski definition) is 1. The molecule has 0 amide bonds. The summed E-state index contributed by atoms with van der Waals surface area (Å²) in [4.78, 5) is 13.6. The van der Waals surface area contributed by atoms with Gasteiger partial charge in [-0.2, -0.15) is 0 Å². The van der Waals surface area contributed by atoms with Gasteiger partial charge in [0.1, 0.15) is 5.75 Å². The number of allylic oxidation sites excluding steroid dienone is 1. The van der Waals surface area contributed by atoms with Gasteiger partial charge in [0, 0.05) is 9.89 Å². The van der Waals surface area contributed by atoms with E-state index < -0.39 is 0 Å². The summed E-state index contributed by atoms with van der Waals surface area (Å²) < 4.78 is 11.9. The average molecular weight is 481 g/mol. The number of carbonyl (C=O) groups is 1. The summed E-state index contributed by atoms with van der Waals surface area (Å²) >= 11 is 3.63. The van der Waals surface area contributed by atoms with Crippen LogP contribution in [0.15, 0.2) is 40.4 Å². The van der Waals surface area contributed by atoms with E-state index in [0.717, 1.165) is 59.2 Å². The molecule has 0 aromatic heterocycles. The molecular weight excluding hydrogens is 456 g/mol. The van der Waals surface area contributed by atoms with Crippen molar-refractivity contribution < 1.29 is 19.4 Å². The molecule has 2 aromatic carbocycles. The number of aromatic hydroxyl groups is 1. The molecule has 5 heteroatoms. The van der Waals surface area contributed by atoms with E-state index in [1.165, 1.54) is 11.1 Å². The molecule has 2 saturated carbocycles. The predicted octanol–water partition coefficient (Wildman–Crippen LogP) is 6.00. The third-order valence-electron chi connectivity index (χ3n) is 8.17. The second-order valence-electron chi connectivity index (χ2n) is 9.68. The van der Waals surface area contributed by atoms with Gasteiger partial charge in [-0.15, -0.1) is 0 Å². The SMILES string of the molecule is CC12CCC3c4ccc(O)cc4CCC3C1CC(=Cc1cc3c(cc1Br)OCO3)C2=O. The van der Waals surface area contributed by atoms with Gasteiger partial charge in [0.25, 0.3) is 0 Å². The second kappa shape index (κ2) is 6.86. The Morgan fingerprint density at radius 1 is 1.16 bits per heavy atom. The van der Waals surface area contributed by atoms with Gasteiger partial charge in [-0.1, -0.05) is 28.9 Å². The maximum atomic E-state index is 13.6. The largest absolute Gasteiger partial charge is 0.508 e. The summed E-state index contributed by atoms with van der Waals surface area (Å²) in [5, 5.41) is 9.89. The Morgan fingerprint density at radius 3 is 2.81 bits per heavy atom. The summed E-state index contributed by atoms with van der Waals surface area (Å²) in [5.74, 6) is 3.53. The summed E-state index contributed by atoms with van der Waals surface area (Å²) in [6, 6.07) is 9.75. The lowest BCUT2D eigenvalue weighted by molar-refractivity contribution is -0.127. The van der Waals surface area contributed by atoms with Crippen molar-refractivity contribution in [2.75, 3.05) is 6.79 Å². The molecule has 3 aliphatic carbocycles. The molecule has 1 aliphatic heterocycles. The number of carbonyl (C=O) groups excluding carboxylic acids is 1. The number of benzene rings is 2. The van der Waals surface area contributed by atoms with Crippen LogP contribution in [0.1, 0.15) is 55.2 Å². The van der Waals surface area contributed by atoms with Crippen molar-refractivity contribution >= 4 is 27.8 Å². The number of ether oxygens (including phenoxy) is 2. The quantitative estimate of drug-likeness (QED) is 0.508. The molecule has 1 N–H and O–H groups in total. The third-order valence-corrected chi connectivity index (χ3v) is 8.86. The van der Waals surface area contributed by atoms with E-state index in [2.05, 4.69) is 35.0 Å². The Bertz CT molecular complexity index is 1140. The number of aryl methyl sites for hydroxylation is 1. The zero-order valence-electron chi connectivity index (χ0n) is 17.5. The minimum Gasteiger partial charge on any atom is -0.508 e. The molecule has 0 bridgehead atoms.